The Labute approximate surface area is 135 Å². The first-order chi connectivity index (χ1) is 10.9. The molecule has 3 atom stereocenters. The zero-order valence-electron chi connectivity index (χ0n) is 13.5. The third kappa shape index (κ3) is 7.71. The molecule has 0 aliphatic carbocycles. The molecule has 0 N–H and O–H groups in total. The Kier molecular flexibility index (Phi) is 8.21. The number of carbonyl (C=O) groups is 3. The highest BCUT2D eigenvalue weighted by atomic mass is 16.7. The Morgan fingerprint density at radius 1 is 1.04 bits per heavy atom. The van der Waals surface area contributed by atoms with Gasteiger partial charge in [0.2, 0.25) is 0 Å². The van der Waals surface area contributed by atoms with Gasteiger partial charge in [0.15, 0.2) is 5.78 Å². The van der Waals surface area contributed by atoms with Crippen LogP contribution >= 0.6 is 0 Å². The van der Waals surface area contributed by atoms with E-state index in [0.29, 0.717) is 6.42 Å². The van der Waals surface area contributed by atoms with Crippen molar-refractivity contribution in [1.29, 1.82) is 0 Å². The van der Waals surface area contributed by atoms with E-state index in [1.807, 2.05) is 0 Å². The third-order valence-corrected chi connectivity index (χ3v) is 2.99. The second-order valence-electron chi connectivity index (χ2n) is 5.17. The number of cyclic esters (lactones) is 2. The summed E-state index contributed by atoms with van der Waals surface area (Å²) in [6.45, 7) is 3.25. The van der Waals surface area contributed by atoms with Crippen LogP contribution in [0.3, 0.4) is 0 Å². The van der Waals surface area contributed by atoms with E-state index in [1.165, 1.54) is 13.2 Å². The average molecular weight is 326 g/mol. The predicted molar refractivity (Wildman–Crippen MR) is 80.4 cm³/mol. The van der Waals surface area contributed by atoms with E-state index in [0.717, 1.165) is 12.2 Å². The molecule has 23 heavy (non-hydrogen) atoms. The lowest BCUT2D eigenvalue weighted by atomic mass is 10.1. The van der Waals surface area contributed by atoms with E-state index in [-0.39, 0.29) is 13.2 Å². The summed E-state index contributed by atoms with van der Waals surface area (Å²) in [5.41, 5.74) is 0. The zero-order valence-corrected chi connectivity index (χ0v) is 13.5. The second kappa shape index (κ2) is 9.91. The number of hydrogen-bond acceptors (Lipinski definition) is 7. The van der Waals surface area contributed by atoms with Gasteiger partial charge in [0.1, 0.15) is 25.1 Å². The van der Waals surface area contributed by atoms with Gasteiger partial charge in [0.05, 0.1) is 0 Å². The Bertz CT molecular complexity index is 481. The SMILES string of the molecule is COCO[C@@H]1C[C@@H](C)OC(=O)/C=C/C[C@@H](C)OC(=O)/C=C/C1=O. The largest absolute Gasteiger partial charge is 0.459 e. The molecule has 0 aromatic carbocycles. The Hall–Kier alpha value is -1.99. The van der Waals surface area contributed by atoms with Crippen LogP contribution in [-0.4, -0.2) is 49.9 Å². The first-order valence-corrected chi connectivity index (χ1v) is 7.32. The van der Waals surface area contributed by atoms with Gasteiger partial charge in [-0.15, -0.1) is 0 Å². The van der Waals surface area contributed by atoms with Crippen molar-refractivity contribution in [2.24, 2.45) is 0 Å². The van der Waals surface area contributed by atoms with Crippen LogP contribution in [0, 0.1) is 0 Å². The molecule has 128 valence electrons. The molecule has 1 aliphatic rings. The Morgan fingerprint density at radius 3 is 2.39 bits per heavy atom. The summed E-state index contributed by atoms with van der Waals surface area (Å²) in [6.07, 6.45) is 3.70. The maximum atomic E-state index is 12.1. The first-order valence-electron chi connectivity index (χ1n) is 7.32. The van der Waals surface area contributed by atoms with Crippen LogP contribution in [0.2, 0.25) is 0 Å². The number of carbonyl (C=O) groups excluding carboxylic acids is 3. The van der Waals surface area contributed by atoms with Crippen molar-refractivity contribution in [3.05, 3.63) is 24.3 Å². The highest BCUT2D eigenvalue weighted by Crippen LogP contribution is 2.10. The van der Waals surface area contributed by atoms with Crippen molar-refractivity contribution >= 4 is 17.7 Å². The van der Waals surface area contributed by atoms with Crippen molar-refractivity contribution in [1.82, 2.24) is 0 Å². The monoisotopic (exact) mass is 326 g/mol. The molecule has 0 bridgehead atoms. The van der Waals surface area contributed by atoms with Gasteiger partial charge < -0.3 is 18.9 Å². The zero-order chi connectivity index (χ0) is 17.2. The fourth-order valence-corrected chi connectivity index (χ4v) is 1.90. The van der Waals surface area contributed by atoms with E-state index >= 15 is 0 Å². The Morgan fingerprint density at radius 2 is 1.70 bits per heavy atom. The average Bonchev–Trinajstić information content (AvgIpc) is 2.48. The lowest BCUT2D eigenvalue weighted by molar-refractivity contribution is -0.149. The highest BCUT2D eigenvalue weighted by Gasteiger charge is 2.22. The molecule has 1 rings (SSSR count). The van der Waals surface area contributed by atoms with Gasteiger partial charge in [-0.1, -0.05) is 6.08 Å². The van der Waals surface area contributed by atoms with Gasteiger partial charge in [-0.25, -0.2) is 9.59 Å². The molecule has 0 amide bonds. The number of esters is 2. The maximum absolute atomic E-state index is 12.1. The molecule has 0 radical (unpaired) electrons. The highest BCUT2D eigenvalue weighted by molar-refractivity contribution is 5.98. The van der Waals surface area contributed by atoms with Crippen LogP contribution in [0.15, 0.2) is 24.3 Å². The standard InChI is InChI=1S/C16H22O7/c1-11-5-4-6-15(18)23-12(2)9-14(21-10-20-3)13(17)7-8-16(19)22-11/h4,6-8,11-12,14H,5,9-10H2,1-3H3/b6-4+,8-7+/t11-,12-,14-/m1/s1. The van der Waals surface area contributed by atoms with Gasteiger partial charge in [0.25, 0.3) is 0 Å². The summed E-state index contributed by atoms with van der Waals surface area (Å²) in [7, 11) is 1.43. The fourth-order valence-electron chi connectivity index (χ4n) is 1.90. The molecule has 0 fully saturated rings. The lowest BCUT2D eigenvalue weighted by Crippen LogP contribution is -2.30. The van der Waals surface area contributed by atoms with Crippen molar-refractivity contribution in [3.8, 4) is 0 Å². The summed E-state index contributed by atoms with van der Waals surface area (Å²) in [5, 5.41) is 0. The van der Waals surface area contributed by atoms with Crippen molar-refractivity contribution in [3.63, 3.8) is 0 Å². The van der Waals surface area contributed by atoms with Gasteiger partial charge in [0, 0.05) is 32.1 Å². The predicted octanol–water partition coefficient (Wildman–Crippen LogP) is 1.31. The van der Waals surface area contributed by atoms with E-state index in [2.05, 4.69) is 0 Å². The van der Waals surface area contributed by atoms with Crippen LogP contribution < -0.4 is 0 Å². The first kappa shape index (κ1) is 19.1. The molecule has 1 aliphatic heterocycles. The van der Waals surface area contributed by atoms with E-state index in [4.69, 9.17) is 18.9 Å². The minimum Gasteiger partial charge on any atom is -0.459 e. The number of rotatable bonds is 3. The van der Waals surface area contributed by atoms with E-state index in [1.54, 1.807) is 19.9 Å². The van der Waals surface area contributed by atoms with Gasteiger partial charge in [-0.3, -0.25) is 4.79 Å². The van der Waals surface area contributed by atoms with Crippen LogP contribution in [-0.2, 0) is 33.3 Å². The summed E-state index contributed by atoms with van der Waals surface area (Å²) in [4.78, 5) is 35.4. The minimum absolute atomic E-state index is 0.0910. The summed E-state index contributed by atoms with van der Waals surface area (Å²) < 4.78 is 20.3. The van der Waals surface area contributed by atoms with Crippen LogP contribution in [0.4, 0.5) is 0 Å². The molecular weight excluding hydrogens is 304 g/mol. The van der Waals surface area contributed by atoms with Crippen LogP contribution in [0.1, 0.15) is 26.7 Å². The summed E-state index contributed by atoms with van der Waals surface area (Å²) in [5.74, 6) is -1.58. The summed E-state index contributed by atoms with van der Waals surface area (Å²) in [6, 6.07) is 0. The molecule has 7 nitrogen and oxygen atoms in total. The molecule has 7 heteroatoms. The molecule has 0 aromatic rings. The van der Waals surface area contributed by atoms with Gasteiger partial charge >= 0.3 is 11.9 Å². The lowest BCUT2D eigenvalue weighted by Gasteiger charge is -2.19. The minimum atomic E-state index is -0.883. The topological polar surface area (TPSA) is 88.1 Å². The van der Waals surface area contributed by atoms with Gasteiger partial charge in [-0.05, 0) is 19.9 Å². The molecular formula is C16H22O7. The molecule has 0 saturated heterocycles. The number of methoxy groups -OCH3 is 1. The van der Waals surface area contributed by atoms with Gasteiger partial charge in [-0.2, -0.15) is 0 Å². The second-order valence-corrected chi connectivity index (χ2v) is 5.17. The summed E-state index contributed by atoms with van der Waals surface area (Å²) >= 11 is 0. The molecule has 0 unspecified atom stereocenters. The quantitative estimate of drug-likeness (QED) is 0.571. The van der Waals surface area contributed by atoms with Crippen molar-refractivity contribution < 1.29 is 33.3 Å². The van der Waals surface area contributed by atoms with Crippen molar-refractivity contribution in [2.75, 3.05) is 13.9 Å². The fraction of sp³-hybridized carbons (Fsp3) is 0.562. The normalized spacial score (nSPS) is 30.0. The van der Waals surface area contributed by atoms with Crippen LogP contribution in [0.25, 0.3) is 0 Å². The smallest absolute Gasteiger partial charge is 0.331 e. The molecule has 0 spiro atoms. The van der Waals surface area contributed by atoms with E-state index in [9.17, 15) is 14.4 Å². The molecule has 1 heterocycles. The number of ketones is 1. The maximum Gasteiger partial charge on any atom is 0.331 e. The molecule has 0 saturated carbocycles. The number of ether oxygens (including phenoxy) is 4. The third-order valence-electron chi connectivity index (χ3n) is 2.99. The molecule has 0 aromatic heterocycles. The van der Waals surface area contributed by atoms with Crippen LogP contribution in [0.5, 0.6) is 0 Å². The van der Waals surface area contributed by atoms with Crippen molar-refractivity contribution in [2.45, 2.75) is 45.0 Å². The Balaban J connectivity index is 2.89. The number of hydrogen-bond donors (Lipinski definition) is 0. The van der Waals surface area contributed by atoms with E-state index < -0.39 is 36.0 Å².